The highest BCUT2D eigenvalue weighted by Crippen LogP contribution is 2.38. The molecule has 37 heavy (non-hydrogen) atoms. The number of rotatable bonds is 10. The van der Waals surface area contributed by atoms with Gasteiger partial charge in [0.25, 0.3) is 0 Å². The van der Waals surface area contributed by atoms with Gasteiger partial charge in [-0.1, -0.05) is 10.2 Å². The Morgan fingerprint density at radius 3 is 1.51 bits per heavy atom. The van der Waals surface area contributed by atoms with Crippen LogP contribution in [0.4, 0.5) is 11.4 Å². The number of ether oxygens (including phenoxy) is 4. The Morgan fingerprint density at radius 2 is 1.14 bits per heavy atom. The first-order chi connectivity index (χ1) is 17.2. The molecule has 1 heterocycles. The van der Waals surface area contributed by atoms with Gasteiger partial charge in [0.05, 0.1) is 40.9 Å². The molecule has 0 saturated carbocycles. The molecule has 0 saturated heterocycles. The predicted molar refractivity (Wildman–Crippen MR) is 143 cm³/mol. The summed E-state index contributed by atoms with van der Waals surface area (Å²) in [7, 11) is 14.3. The van der Waals surface area contributed by atoms with Crippen molar-refractivity contribution >= 4 is 23.8 Å². The lowest BCUT2D eigenvalue weighted by Gasteiger charge is -2.20. The van der Waals surface area contributed by atoms with Gasteiger partial charge in [-0.2, -0.15) is 0 Å². The molecule has 11 heteroatoms. The number of hydrogen-bond donors (Lipinski definition) is 0. The SMILES string of the molecule is COc1cc(C=Nn2cc[n+](N=Cc3cc(OC)c(N(C)C)c(OC)c3)c2C)cc(OC)c1N(C)C.[Cl-]. The van der Waals surface area contributed by atoms with Crippen molar-refractivity contribution in [2.24, 2.45) is 10.2 Å². The number of hydrogen-bond acceptors (Lipinski definition) is 8. The van der Waals surface area contributed by atoms with E-state index >= 15 is 0 Å². The van der Waals surface area contributed by atoms with Gasteiger partial charge in [0.15, 0.2) is 12.4 Å². The second kappa shape index (κ2) is 12.9. The molecule has 2 aromatic carbocycles. The summed E-state index contributed by atoms with van der Waals surface area (Å²) < 4.78 is 25.7. The zero-order valence-electron chi connectivity index (χ0n) is 22.8. The topological polar surface area (TPSA) is 76.9 Å². The second-order valence-electron chi connectivity index (χ2n) is 8.36. The molecule has 0 bridgehead atoms. The van der Waals surface area contributed by atoms with E-state index in [1.165, 1.54) is 0 Å². The minimum Gasteiger partial charge on any atom is -1.00 e. The van der Waals surface area contributed by atoms with E-state index in [0.29, 0.717) is 23.0 Å². The molecule has 0 unspecified atom stereocenters. The summed E-state index contributed by atoms with van der Waals surface area (Å²) in [5, 5.41) is 9.18. The van der Waals surface area contributed by atoms with Gasteiger partial charge >= 0.3 is 5.82 Å². The second-order valence-corrected chi connectivity index (χ2v) is 8.36. The van der Waals surface area contributed by atoms with Gasteiger partial charge < -0.3 is 41.2 Å². The van der Waals surface area contributed by atoms with E-state index in [4.69, 9.17) is 18.9 Å². The van der Waals surface area contributed by atoms with Gasteiger partial charge in [-0.3, -0.25) is 0 Å². The van der Waals surface area contributed by atoms with Gasteiger partial charge in [0, 0.05) is 46.2 Å². The fourth-order valence-corrected chi connectivity index (χ4v) is 3.81. The number of nitrogens with zero attached hydrogens (tertiary/aromatic N) is 6. The number of imidazole rings is 1. The van der Waals surface area contributed by atoms with Crippen LogP contribution in [0.2, 0.25) is 0 Å². The zero-order valence-corrected chi connectivity index (χ0v) is 23.6. The van der Waals surface area contributed by atoms with Gasteiger partial charge in [0.1, 0.15) is 34.4 Å². The summed E-state index contributed by atoms with van der Waals surface area (Å²) in [5.41, 5.74) is 3.43. The van der Waals surface area contributed by atoms with E-state index in [1.807, 2.05) is 81.6 Å². The summed E-state index contributed by atoms with van der Waals surface area (Å²) in [6.45, 7) is 1.93. The highest BCUT2D eigenvalue weighted by atomic mass is 35.5. The van der Waals surface area contributed by atoms with E-state index in [1.54, 1.807) is 50.2 Å². The van der Waals surface area contributed by atoms with Gasteiger partial charge in [0.2, 0.25) is 0 Å². The van der Waals surface area contributed by atoms with E-state index < -0.39 is 0 Å². The van der Waals surface area contributed by atoms with Crippen LogP contribution in [0.1, 0.15) is 17.0 Å². The summed E-state index contributed by atoms with van der Waals surface area (Å²) in [4.78, 5) is 3.91. The van der Waals surface area contributed by atoms with E-state index in [0.717, 1.165) is 28.3 Å². The molecule has 0 N–H and O–H groups in total. The van der Waals surface area contributed by atoms with Crippen molar-refractivity contribution in [2.45, 2.75) is 6.92 Å². The molecule has 0 spiro atoms. The quantitative estimate of drug-likeness (QED) is 0.272. The molecule has 0 amide bonds. The molecule has 0 radical (unpaired) electrons. The normalized spacial score (nSPS) is 10.9. The van der Waals surface area contributed by atoms with E-state index in [2.05, 4.69) is 10.2 Å². The summed E-state index contributed by atoms with van der Waals surface area (Å²) in [6, 6.07) is 7.68. The molecule has 0 aliphatic heterocycles. The molecular formula is C26H35ClN6O4. The average Bonchev–Trinajstić information content (AvgIpc) is 3.23. The average molecular weight is 531 g/mol. The van der Waals surface area contributed by atoms with E-state index in [-0.39, 0.29) is 12.4 Å². The van der Waals surface area contributed by atoms with Crippen LogP contribution < -0.4 is 45.8 Å². The number of methoxy groups -OCH3 is 4. The molecule has 3 aromatic rings. The third kappa shape index (κ3) is 6.45. The number of benzene rings is 2. The van der Waals surface area contributed by atoms with Crippen LogP contribution in [0.3, 0.4) is 0 Å². The van der Waals surface area contributed by atoms with Gasteiger partial charge in [-0.15, -0.1) is 9.35 Å². The van der Waals surface area contributed by atoms with Crippen LogP contribution >= 0.6 is 0 Å². The van der Waals surface area contributed by atoms with Crippen LogP contribution in [0.5, 0.6) is 23.0 Å². The van der Waals surface area contributed by atoms with Gasteiger partial charge in [-0.05, 0) is 24.3 Å². The molecule has 0 atom stereocenters. The number of aromatic nitrogens is 2. The molecule has 3 rings (SSSR count). The van der Waals surface area contributed by atoms with Crippen LogP contribution in [0.25, 0.3) is 0 Å². The predicted octanol–water partition coefficient (Wildman–Crippen LogP) is 0.0188. The van der Waals surface area contributed by atoms with Crippen molar-refractivity contribution in [3.05, 3.63) is 53.6 Å². The number of halogens is 1. The molecule has 0 aliphatic rings. The third-order valence-electron chi connectivity index (χ3n) is 5.57. The van der Waals surface area contributed by atoms with Crippen molar-refractivity contribution < 1.29 is 36.0 Å². The summed E-state index contributed by atoms with van der Waals surface area (Å²) in [5.74, 6) is 3.63. The Kier molecular flexibility index (Phi) is 10.2. The molecule has 0 fully saturated rings. The molecule has 200 valence electrons. The third-order valence-corrected chi connectivity index (χ3v) is 5.57. The maximum atomic E-state index is 5.56. The van der Waals surface area contributed by atoms with E-state index in [9.17, 15) is 0 Å². The maximum absolute atomic E-state index is 5.56. The van der Waals surface area contributed by atoms with Crippen molar-refractivity contribution in [3.8, 4) is 23.0 Å². The lowest BCUT2D eigenvalue weighted by atomic mass is 10.1. The minimum atomic E-state index is 0. The lowest BCUT2D eigenvalue weighted by Crippen LogP contribution is -3.00. The highest BCUT2D eigenvalue weighted by molar-refractivity contribution is 5.85. The lowest BCUT2D eigenvalue weighted by molar-refractivity contribution is -0.684. The number of anilines is 2. The zero-order chi connectivity index (χ0) is 26.4. The Labute approximate surface area is 224 Å². The van der Waals surface area contributed by atoms with Crippen molar-refractivity contribution in [1.29, 1.82) is 0 Å². The Balaban J connectivity index is 0.00000481. The highest BCUT2D eigenvalue weighted by Gasteiger charge is 2.16. The smallest absolute Gasteiger partial charge is 0.304 e. The molecular weight excluding hydrogens is 496 g/mol. The first-order valence-corrected chi connectivity index (χ1v) is 11.3. The van der Waals surface area contributed by atoms with Crippen LogP contribution in [0.15, 0.2) is 46.9 Å². The molecule has 0 aliphatic carbocycles. The Morgan fingerprint density at radius 1 is 0.730 bits per heavy atom. The summed E-state index contributed by atoms with van der Waals surface area (Å²) in [6.07, 6.45) is 7.17. The standard InChI is InChI=1S/C26H35N6O4.ClH/c1-18-31(27-16-19-12-21(33-6)25(29(2)3)22(13-19)34-7)10-11-32(18)28-17-20-14-23(35-8)26(30(4)5)24(15-20)36-9;/h10-17H,1-9H3;1H/q+1;/p-1. The largest absolute Gasteiger partial charge is 1.00 e. The van der Waals surface area contributed by atoms with Crippen LogP contribution in [0, 0.1) is 6.92 Å². The Hall–Kier alpha value is -3.92. The van der Waals surface area contributed by atoms with Crippen molar-refractivity contribution in [2.75, 3.05) is 66.4 Å². The first-order valence-electron chi connectivity index (χ1n) is 11.3. The molecule has 10 nitrogen and oxygen atoms in total. The van der Waals surface area contributed by atoms with Gasteiger partial charge in [-0.25, -0.2) is 0 Å². The summed E-state index contributed by atoms with van der Waals surface area (Å²) >= 11 is 0. The monoisotopic (exact) mass is 530 g/mol. The fourth-order valence-electron chi connectivity index (χ4n) is 3.81. The molecule has 1 aromatic heterocycles. The van der Waals surface area contributed by atoms with Crippen molar-refractivity contribution in [3.63, 3.8) is 0 Å². The van der Waals surface area contributed by atoms with Crippen molar-refractivity contribution in [1.82, 2.24) is 4.68 Å². The maximum Gasteiger partial charge on any atom is 0.304 e. The minimum absolute atomic E-state index is 0. The fraction of sp³-hybridized carbons (Fsp3) is 0.346. The van der Waals surface area contributed by atoms with Crippen LogP contribution in [-0.4, -0.2) is 73.7 Å². The van der Waals surface area contributed by atoms with Crippen LogP contribution in [-0.2, 0) is 0 Å². The first kappa shape index (κ1) is 29.3. The Bertz CT molecular complexity index is 1120.